The molecule has 0 heterocycles. The van der Waals surface area contributed by atoms with E-state index >= 15 is 0 Å². The van der Waals surface area contributed by atoms with Gasteiger partial charge in [-0.2, -0.15) is 0 Å². The van der Waals surface area contributed by atoms with Crippen LogP contribution in [0.1, 0.15) is 31.1 Å². The molecule has 1 aromatic carbocycles. The van der Waals surface area contributed by atoms with Gasteiger partial charge in [0, 0.05) is 15.2 Å². The molecule has 1 rings (SSSR count). The largest absolute Gasteiger partial charge is 0.456 e. The Kier molecular flexibility index (Phi) is 4.46. The van der Waals surface area contributed by atoms with Crippen molar-refractivity contribution in [3.63, 3.8) is 0 Å². The molecule has 0 aliphatic heterocycles. The van der Waals surface area contributed by atoms with Gasteiger partial charge in [-0.3, -0.25) is 0 Å². The second-order valence-corrected chi connectivity index (χ2v) is 7.97. The zero-order chi connectivity index (χ0) is 14.1. The fraction of sp³-hybridized carbons (Fsp3) is 0.364. The number of esters is 1. The first kappa shape index (κ1) is 15.5. The minimum Gasteiger partial charge on any atom is -0.456 e. The summed E-state index contributed by atoms with van der Waals surface area (Å²) in [5, 5.41) is 0. The highest BCUT2D eigenvalue weighted by Crippen LogP contribution is 2.27. The Hall–Kier alpha value is -0.590. The third-order valence-corrected chi connectivity index (χ3v) is 4.14. The van der Waals surface area contributed by atoms with Gasteiger partial charge in [-0.25, -0.2) is 13.2 Å². The summed E-state index contributed by atoms with van der Waals surface area (Å²) in [5.41, 5.74) is -0.517. The van der Waals surface area contributed by atoms with Gasteiger partial charge in [0.15, 0.2) is 0 Å². The van der Waals surface area contributed by atoms with Crippen molar-refractivity contribution in [2.24, 2.45) is 0 Å². The van der Waals surface area contributed by atoms with Crippen LogP contribution in [0.15, 0.2) is 27.6 Å². The third kappa shape index (κ3) is 4.26. The van der Waals surface area contributed by atoms with Crippen molar-refractivity contribution in [1.29, 1.82) is 0 Å². The minimum absolute atomic E-state index is 0.132. The number of hydrogen-bond acceptors (Lipinski definition) is 4. The lowest BCUT2D eigenvalue weighted by atomic mass is 10.2. The van der Waals surface area contributed by atoms with Crippen LogP contribution in [0.25, 0.3) is 0 Å². The molecule has 0 aromatic heterocycles. The first-order valence-electron chi connectivity index (χ1n) is 4.98. The van der Waals surface area contributed by atoms with E-state index in [1.807, 2.05) is 0 Å². The Morgan fingerprint density at radius 3 is 2.33 bits per heavy atom. The predicted molar refractivity (Wildman–Crippen MR) is 72.3 cm³/mol. The molecule has 0 amide bonds. The zero-order valence-corrected chi connectivity index (χ0v) is 13.2. The first-order chi connectivity index (χ1) is 8.00. The lowest BCUT2D eigenvalue weighted by Gasteiger charge is -2.19. The topological polar surface area (TPSA) is 60.4 Å². The maximum absolute atomic E-state index is 11.8. The average molecular weight is 356 g/mol. The Balaban J connectivity index is 3.18. The van der Waals surface area contributed by atoms with Crippen molar-refractivity contribution >= 4 is 41.6 Å². The number of carbonyl (C=O) groups is 1. The van der Waals surface area contributed by atoms with E-state index in [2.05, 4.69) is 15.9 Å². The fourth-order valence-corrected chi connectivity index (χ4v) is 3.27. The van der Waals surface area contributed by atoms with Gasteiger partial charge < -0.3 is 4.74 Å². The van der Waals surface area contributed by atoms with E-state index in [1.165, 1.54) is 18.2 Å². The summed E-state index contributed by atoms with van der Waals surface area (Å²) in [5.74, 6) is -0.600. The number of hydrogen-bond donors (Lipinski definition) is 0. The molecule has 0 aliphatic carbocycles. The number of ether oxygens (including phenoxy) is 1. The van der Waals surface area contributed by atoms with Crippen LogP contribution in [0.2, 0.25) is 0 Å². The molecule has 0 atom stereocenters. The predicted octanol–water partition coefficient (Wildman–Crippen LogP) is 3.33. The van der Waals surface area contributed by atoms with Crippen LogP contribution < -0.4 is 0 Å². The first-order valence-corrected chi connectivity index (χ1v) is 8.08. The van der Waals surface area contributed by atoms with Crippen LogP contribution in [0.5, 0.6) is 0 Å². The summed E-state index contributed by atoms with van der Waals surface area (Å²) in [6.07, 6.45) is 0. The van der Waals surface area contributed by atoms with Crippen LogP contribution in [0.3, 0.4) is 0 Å². The fourth-order valence-electron chi connectivity index (χ4n) is 1.15. The highest BCUT2D eigenvalue weighted by molar-refractivity contribution is 9.10. The maximum atomic E-state index is 11.8. The highest BCUT2D eigenvalue weighted by Gasteiger charge is 2.21. The van der Waals surface area contributed by atoms with Gasteiger partial charge in [-0.1, -0.05) is 0 Å². The highest BCUT2D eigenvalue weighted by atomic mass is 79.9. The molecule has 1 aromatic rings. The molecular weight excluding hydrogens is 344 g/mol. The van der Waals surface area contributed by atoms with E-state index < -0.39 is 20.6 Å². The smallest absolute Gasteiger partial charge is 0.338 e. The summed E-state index contributed by atoms with van der Waals surface area (Å²) in [6, 6.07) is 4.08. The zero-order valence-electron chi connectivity index (χ0n) is 10.0. The minimum atomic E-state index is -3.92. The molecule has 0 radical (unpaired) electrons. The molecule has 0 aliphatic rings. The Labute approximate surface area is 119 Å². The molecule has 0 saturated heterocycles. The summed E-state index contributed by atoms with van der Waals surface area (Å²) >= 11 is 3.06. The van der Waals surface area contributed by atoms with Crippen molar-refractivity contribution in [2.75, 3.05) is 0 Å². The van der Waals surface area contributed by atoms with E-state index in [1.54, 1.807) is 20.8 Å². The van der Waals surface area contributed by atoms with Gasteiger partial charge in [0.25, 0.3) is 9.05 Å². The average Bonchev–Trinajstić information content (AvgIpc) is 2.13. The van der Waals surface area contributed by atoms with Gasteiger partial charge in [-0.05, 0) is 54.9 Å². The summed E-state index contributed by atoms with van der Waals surface area (Å²) in [7, 11) is 1.35. The van der Waals surface area contributed by atoms with Crippen molar-refractivity contribution < 1.29 is 17.9 Å². The Morgan fingerprint density at radius 2 is 1.89 bits per heavy atom. The van der Waals surface area contributed by atoms with E-state index in [-0.39, 0.29) is 10.5 Å². The summed E-state index contributed by atoms with van der Waals surface area (Å²) in [6.45, 7) is 5.18. The molecule has 0 spiro atoms. The quantitative estimate of drug-likeness (QED) is 0.603. The third-order valence-electron chi connectivity index (χ3n) is 1.83. The van der Waals surface area contributed by atoms with E-state index in [9.17, 15) is 13.2 Å². The van der Waals surface area contributed by atoms with Gasteiger partial charge in [0.05, 0.1) is 10.5 Å². The summed E-state index contributed by atoms with van der Waals surface area (Å²) in [4.78, 5) is 11.6. The van der Waals surface area contributed by atoms with E-state index in [4.69, 9.17) is 15.4 Å². The van der Waals surface area contributed by atoms with Gasteiger partial charge in [0.2, 0.25) is 0 Å². The normalized spacial score (nSPS) is 12.3. The van der Waals surface area contributed by atoms with Crippen LogP contribution in [-0.2, 0) is 13.8 Å². The standard InChI is InChI=1S/C11H12BrClO4S/c1-11(2,3)17-10(14)7-4-5-8(12)9(6-7)18(13,15)16/h4-6H,1-3H3. The SMILES string of the molecule is CC(C)(C)OC(=O)c1ccc(Br)c(S(=O)(=O)Cl)c1. The van der Waals surface area contributed by atoms with Gasteiger partial charge in [-0.15, -0.1) is 0 Å². The molecular formula is C11H12BrClO4S. The molecule has 100 valence electrons. The van der Waals surface area contributed by atoms with Crippen LogP contribution in [0, 0.1) is 0 Å². The van der Waals surface area contributed by atoms with Gasteiger partial charge >= 0.3 is 5.97 Å². The number of benzene rings is 1. The van der Waals surface area contributed by atoms with Crippen molar-refractivity contribution in [2.45, 2.75) is 31.3 Å². The van der Waals surface area contributed by atoms with Crippen molar-refractivity contribution in [3.8, 4) is 0 Å². The van der Waals surface area contributed by atoms with Crippen LogP contribution in [-0.4, -0.2) is 20.0 Å². The lowest BCUT2D eigenvalue weighted by molar-refractivity contribution is 0.00692. The lowest BCUT2D eigenvalue weighted by Crippen LogP contribution is -2.24. The second kappa shape index (κ2) is 5.19. The molecule has 4 nitrogen and oxygen atoms in total. The van der Waals surface area contributed by atoms with Crippen LogP contribution >= 0.6 is 26.6 Å². The number of carbonyl (C=O) groups excluding carboxylic acids is 1. The molecule has 0 unspecified atom stereocenters. The second-order valence-electron chi connectivity index (χ2n) is 4.58. The summed E-state index contributed by atoms with van der Waals surface area (Å²) < 4.78 is 28.0. The Morgan fingerprint density at radius 1 is 1.33 bits per heavy atom. The number of halogens is 2. The molecule has 0 saturated carbocycles. The molecule has 0 bridgehead atoms. The molecule has 0 fully saturated rings. The van der Waals surface area contributed by atoms with Gasteiger partial charge in [0.1, 0.15) is 5.60 Å². The molecule has 7 heteroatoms. The van der Waals surface area contributed by atoms with Crippen LogP contribution in [0.4, 0.5) is 0 Å². The van der Waals surface area contributed by atoms with E-state index in [0.29, 0.717) is 4.47 Å². The van der Waals surface area contributed by atoms with E-state index in [0.717, 1.165) is 0 Å². The van der Waals surface area contributed by atoms with Crippen molar-refractivity contribution in [1.82, 2.24) is 0 Å². The number of rotatable bonds is 2. The molecule has 0 N–H and O–H groups in total. The maximum Gasteiger partial charge on any atom is 0.338 e. The molecule has 18 heavy (non-hydrogen) atoms. The monoisotopic (exact) mass is 354 g/mol. The Bertz CT molecular complexity index is 575. The van der Waals surface area contributed by atoms with Crippen molar-refractivity contribution in [3.05, 3.63) is 28.2 Å².